The van der Waals surface area contributed by atoms with E-state index in [1.807, 2.05) is 0 Å². The van der Waals surface area contributed by atoms with Gasteiger partial charge in [-0.15, -0.1) is 0 Å². The van der Waals surface area contributed by atoms with Crippen molar-refractivity contribution in [2.75, 3.05) is 11.9 Å². The molecule has 6 heteroatoms. The summed E-state index contributed by atoms with van der Waals surface area (Å²) >= 11 is 3.16. The van der Waals surface area contributed by atoms with Crippen LogP contribution in [0, 0.1) is 0 Å². The fraction of sp³-hybridized carbons (Fsp3) is 0.385. The Labute approximate surface area is 119 Å². The molecular weight excluding hydrogens is 316 g/mol. The number of Topliss-reactive ketones (excluding diaryl/α,β-unsaturated/α-hetero) is 1. The lowest BCUT2D eigenvalue weighted by atomic mass is 9.97. The third-order valence-electron chi connectivity index (χ3n) is 2.49. The molecule has 0 saturated heterocycles. The van der Waals surface area contributed by atoms with Crippen LogP contribution in [0.2, 0.25) is 0 Å². The van der Waals surface area contributed by atoms with Crippen LogP contribution in [-0.2, 0) is 4.79 Å². The number of alkyl halides is 1. The highest BCUT2D eigenvalue weighted by Gasteiger charge is 2.23. The number of ketones is 1. The summed E-state index contributed by atoms with van der Waals surface area (Å²) in [5.41, 5.74) is 0.266. The number of aliphatic carboxylic acids is 1. The van der Waals surface area contributed by atoms with Gasteiger partial charge in [-0.2, -0.15) is 0 Å². The summed E-state index contributed by atoms with van der Waals surface area (Å²) in [5, 5.41) is 18.9. The Bertz CT molecular complexity index is 472. The fourth-order valence-electron chi connectivity index (χ4n) is 1.63. The number of ether oxygens (including phenoxy) is 1. The molecule has 0 bridgehead atoms. The van der Waals surface area contributed by atoms with Gasteiger partial charge in [-0.1, -0.05) is 22.0 Å². The highest BCUT2D eigenvalue weighted by molar-refractivity contribution is 9.09. The summed E-state index contributed by atoms with van der Waals surface area (Å²) in [6.45, 7) is 2.24. The lowest BCUT2D eigenvalue weighted by molar-refractivity contribution is -0.146. The first kappa shape index (κ1) is 15.7. The molecule has 104 valence electrons. The number of carbonyl (C=O) groups excluding carboxylic acids is 1. The van der Waals surface area contributed by atoms with Crippen LogP contribution in [-0.4, -0.2) is 33.9 Å². The summed E-state index contributed by atoms with van der Waals surface area (Å²) < 4.78 is 5.28. The Balaban J connectivity index is 3.21. The van der Waals surface area contributed by atoms with E-state index in [1.54, 1.807) is 6.92 Å². The molecule has 0 spiro atoms. The van der Waals surface area contributed by atoms with E-state index >= 15 is 0 Å². The van der Waals surface area contributed by atoms with Gasteiger partial charge in [0.1, 0.15) is 5.75 Å². The average molecular weight is 331 g/mol. The molecular formula is C13H15BrO5. The summed E-state index contributed by atoms with van der Waals surface area (Å²) in [6, 6.07) is 4.41. The topological polar surface area (TPSA) is 83.8 Å². The molecule has 0 fully saturated rings. The molecule has 1 rings (SSSR count). The SMILES string of the molecule is CCOc1ccc(C(O)C(=O)O)c(C(=O)CCBr)c1. The van der Waals surface area contributed by atoms with Crippen LogP contribution >= 0.6 is 15.9 Å². The molecule has 2 N–H and O–H groups in total. The molecule has 1 aromatic rings. The first-order chi connectivity index (χ1) is 9.01. The van der Waals surface area contributed by atoms with Gasteiger partial charge in [-0.3, -0.25) is 4.79 Å². The number of rotatable bonds is 7. The van der Waals surface area contributed by atoms with Crippen LogP contribution in [0.3, 0.4) is 0 Å². The predicted octanol–water partition coefficient (Wildman–Crippen LogP) is 2.17. The van der Waals surface area contributed by atoms with E-state index < -0.39 is 12.1 Å². The van der Waals surface area contributed by atoms with Crippen LogP contribution < -0.4 is 4.74 Å². The van der Waals surface area contributed by atoms with Gasteiger partial charge in [0.25, 0.3) is 0 Å². The van der Waals surface area contributed by atoms with Crippen molar-refractivity contribution in [3.05, 3.63) is 29.3 Å². The first-order valence-electron chi connectivity index (χ1n) is 5.78. The van der Waals surface area contributed by atoms with Crippen LogP contribution in [0.4, 0.5) is 0 Å². The van der Waals surface area contributed by atoms with Crippen LogP contribution in [0.15, 0.2) is 18.2 Å². The lowest BCUT2D eigenvalue weighted by Gasteiger charge is -2.13. The normalized spacial score (nSPS) is 11.9. The molecule has 0 aliphatic rings. The Hall–Kier alpha value is -1.40. The number of halogens is 1. The van der Waals surface area contributed by atoms with Crippen molar-refractivity contribution in [3.8, 4) is 5.75 Å². The Kier molecular flexibility index (Phi) is 5.98. The smallest absolute Gasteiger partial charge is 0.337 e. The van der Waals surface area contributed by atoms with E-state index in [0.717, 1.165) is 0 Å². The molecule has 0 amide bonds. The predicted molar refractivity (Wildman–Crippen MR) is 72.9 cm³/mol. The molecule has 0 aliphatic heterocycles. The summed E-state index contributed by atoms with van der Waals surface area (Å²) in [4.78, 5) is 22.8. The minimum Gasteiger partial charge on any atom is -0.494 e. The van der Waals surface area contributed by atoms with Gasteiger partial charge in [-0.25, -0.2) is 4.79 Å². The zero-order chi connectivity index (χ0) is 14.4. The van der Waals surface area contributed by atoms with Crippen LogP contribution in [0.1, 0.15) is 35.4 Å². The van der Waals surface area contributed by atoms with Crippen molar-refractivity contribution in [2.45, 2.75) is 19.4 Å². The number of benzene rings is 1. The number of aliphatic hydroxyl groups excluding tert-OH is 1. The number of carboxylic acid groups (broad SMARTS) is 1. The molecule has 0 saturated carbocycles. The molecule has 19 heavy (non-hydrogen) atoms. The van der Waals surface area contributed by atoms with Gasteiger partial charge in [-0.05, 0) is 19.1 Å². The number of hydrogen-bond acceptors (Lipinski definition) is 4. The third-order valence-corrected chi connectivity index (χ3v) is 2.88. The quantitative estimate of drug-likeness (QED) is 0.591. The molecule has 1 unspecified atom stereocenters. The Morgan fingerprint density at radius 2 is 2.11 bits per heavy atom. The van der Waals surface area contributed by atoms with Crippen molar-refractivity contribution in [2.24, 2.45) is 0 Å². The first-order valence-corrected chi connectivity index (χ1v) is 6.90. The second kappa shape index (κ2) is 7.25. The largest absolute Gasteiger partial charge is 0.494 e. The van der Waals surface area contributed by atoms with E-state index in [0.29, 0.717) is 17.7 Å². The van der Waals surface area contributed by atoms with E-state index in [4.69, 9.17) is 9.84 Å². The summed E-state index contributed by atoms with van der Waals surface area (Å²) in [7, 11) is 0. The molecule has 0 aliphatic carbocycles. The fourth-order valence-corrected chi connectivity index (χ4v) is 1.99. The van der Waals surface area contributed by atoms with Gasteiger partial charge < -0.3 is 14.9 Å². The number of aliphatic hydroxyl groups is 1. The standard InChI is InChI=1S/C13H15BrO5/c1-2-19-8-3-4-9(12(16)13(17)18)10(7-8)11(15)5-6-14/h3-4,7,12,16H,2,5-6H2,1H3,(H,17,18). The average Bonchev–Trinajstić information content (AvgIpc) is 2.38. The van der Waals surface area contributed by atoms with E-state index in [2.05, 4.69) is 15.9 Å². The summed E-state index contributed by atoms with van der Waals surface area (Å²) in [5.74, 6) is -1.16. The van der Waals surface area contributed by atoms with E-state index in [9.17, 15) is 14.7 Å². The zero-order valence-corrected chi connectivity index (χ0v) is 12.0. The zero-order valence-electron chi connectivity index (χ0n) is 10.4. The van der Waals surface area contributed by atoms with Crippen molar-refractivity contribution in [1.29, 1.82) is 0 Å². The lowest BCUT2D eigenvalue weighted by Crippen LogP contribution is -2.15. The van der Waals surface area contributed by atoms with E-state index in [1.165, 1.54) is 18.2 Å². The molecule has 1 atom stereocenters. The van der Waals surface area contributed by atoms with Gasteiger partial charge in [0.2, 0.25) is 0 Å². The highest BCUT2D eigenvalue weighted by atomic mass is 79.9. The van der Waals surface area contributed by atoms with Crippen molar-refractivity contribution in [3.63, 3.8) is 0 Å². The number of carboxylic acids is 1. The minimum atomic E-state index is -1.72. The monoisotopic (exact) mass is 330 g/mol. The maximum Gasteiger partial charge on any atom is 0.337 e. The number of hydrogen-bond donors (Lipinski definition) is 2. The maximum atomic E-state index is 12.0. The van der Waals surface area contributed by atoms with Crippen molar-refractivity contribution >= 4 is 27.7 Å². The van der Waals surface area contributed by atoms with Gasteiger partial charge in [0.15, 0.2) is 11.9 Å². The molecule has 0 heterocycles. The third kappa shape index (κ3) is 4.04. The molecule has 5 nitrogen and oxygen atoms in total. The van der Waals surface area contributed by atoms with E-state index in [-0.39, 0.29) is 23.3 Å². The van der Waals surface area contributed by atoms with Crippen molar-refractivity contribution < 1.29 is 24.5 Å². The molecule has 1 aromatic carbocycles. The van der Waals surface area contributed by atoms with Crippen LogP contribution in [0.5, 0.6) is 5.75 Å². The summed E-state index contributed by atoms with van der Waals surface area (Å²) in [6.07, 6.45) is -1.50. The van der Waals surface area contributed by atoms with Gasteiger partial charge in [0, 0.05) is 22.9 Å². The maximum absolute atomic E-state index is 12.0. The van der Waals surface area contributed by atoms with Crippen LogP contribution in [0.25, 0.3) is 0 Å². The Morgan fingerprint density at radius 1 is 1.42 bits per heavy atom. The van der Waals surface area contributed by atoms with Gasteiger partial charge >= 0.3 is 5.97 Å². The second-order valence-corrected chi connectivity index (χ2v) is 4.58. The second-order valence-electron chi connectivity index (χ2n) is 3.79. The van der Waals surface area contributed by atoms with Gasteiger partial charge in [0.05, 0.1) is 6.61 Å². The minimum absolute atomic E-state index is 0.0851. The van der Waals surface area contributed by atoms with Crippen molar-refractivity contribution in [1.82, 2.24) is 0 Å². The Morgan fingerprint density at radius 3 is 2.63 bits per heavy atom. The highest BCUT2D eigenvalue weighted by Crippen LogP contribution is 2.25. The number of carbonyl (C=O) groups is 2. The molecule has 0 aromatic heterocycles. The molecule has 0 radical (unpaired) electrons.